The van der Waals surface area contributed by atoms with Crippen LogP contribution in [0.4, 0.5) is 0 Å². The van der Waals surface area contributed by atoms with Gasteiger partial charge in [0.1, 0.15) is 16.7 Å². The maximum absolute atomic E-state index is 13.2. The van der Waals surface area contributed by atoms with Crippen LogP contribution < -0.4 is 4.74 Å². The van der Waals surface area contributed by atoms with Crippen molar-refractivity contribution < 1.29 is 18.3 Å². The minimum absolute atomic E-state index is 0.0281. The van der Waals surface area contributed by atoms with Gasteiger partial charge in [-0.2, -0.15) is 4.31 Å². The van der Waals surface area contributed by atoms with E-state index in [9.17, 15) is 13.5 Å². The minimum atomic E-state index is -3.76. The number of aliphatic hydroxyl groups is 1. The van der Waals surface area contributed by atoms with E-state index < -0.39 is 16.1 Å². The minimum Gasteiger partial charge on any atom is -0.487 e. The van der Waals surface area contributed by atoms with Gasteiger partial charge in [0, 0.05) is 25.0 Å². The summed E-state index contributed by atoms with van der Waals surface area (Å²) >= 11 is 0. The zero-order valence-electron chi connectivity index (χ0n) is 16.2. The Hall–Kier alpha value is -1.41. The third-order valence-electron chi connectivity index (χ3n) is 4.60. The second kappa shape index (κ2) is 8.52. The van der Waals surface area contributed by atoms with Gasteiger partial charge < -0.3 is 14.7 Å². The second-order valence-electron chi connectivity index (χ2n) is 7.21. The van der Waals surface area contributed by atoms with Gasteiger partial charge in [-0.25, -0.2) is 8.42 Å². The van der Waals surface area contributed by atoms with Crippen molar-refractivity contribution in [3.63, 3.8) is 0 Å². The number of allylic oxidation sites excluding steroid dienone is 1. The van der Waals surface area contributed by atoms with Gasteiger partial charge in [-0.15, -0.1) is 0 Å². The first-order valence-corrected chi connectivity index (χ1v) is 10.4. The van der Waals surface area contributed by atoms with Gasteiger partial charge in [-0.05, 0) is 45.6 Å². The van der Waals surface area contributed by atoms with E-state index in [1.165, 1.54) is 4.31 Å². The van der Waals surface area contributed by atoms with E-state index in [1.807, 2.05) is 45.0 Å². The van der Waals surface area contributed by atoms with E-state index in [2.05, 4.69) is 0 Å². The average molecular weight is 383 g/mol. The molecule has 1 aromatic rings. The fourth-order valence-electron chi connectivity index (χ4n) is 3.12. The molecular formula is C19H30N2O4S. The van der Waals surface area contributed by atoms with Crippen molar-refractivity contribution in [2.24, 2.45) is 5.92 Å². The lowest BCUT2D eigenvalue weighted by molar-refractivity contribution is 0.0812. The lowest BCUT2D eigenvalue weighted by Crippen LogP contribution is -2.49. The molecule has 1 aromatic carbocycles. The topological polar surface area (TPSA) is 70.1 Å². The highest BCUT2D eigenvalue weighted by molar-refractivity contribution is 7.89. The summed E-state index contributed by atoms with van der Waals surface area (Å²) in [6.07, 6.45) is 3.65. The summed E-state index contributed by atoms with van der Waals surface area (Å²) in [6.45, 7) is 6.38. The second-order valence-corrected chi connectivity index (χ2v) is 9.07. The average Bonchev–Trinajstić information content (AvgIpc) is 2.57. The van der Waals surface area contributed by atoms with Crippen molar-refractivity contribution in [2.75, 3.05) is 33.8 Å². The van der Waals surface area contributed by atoms with Crippen LogP contribution in [0.25, 0.3) is 6.08 Å². The number of likely N-dealkylation sites (N-methyl/N-ethyl adjacent to an activating group) is 1. The molecule has 146 valence electrons. The number of benzene rings is 1. The van der Waals surface area contributed by atoms with Crippen molar-refractivity contribution in [3.8, 4) is 5.75 Å². The fourth-order valence-corrected chi connectivity index (χ4v) is 4.94. The van der Waals surface area contributed by atoms with Gasteiger partial charge in [-0.1, -0.05) is 25.1 Å². The molecule has 1 aliphatic heterocycles. The zero-order valence-corrected chi connectivity index (χ0v) is 17.0. The molecule has 1 aliphatic rings. The Morgan fingerprint density at radius 2 is 2.12 bits per heavy atom. The molecular weight excluding hydrogens is 352 g/mol. The maximum atomic E-state index is 13.2. The van der Waals surface area contributed by atoms with Gasteiger partial charge in [0.25, 0.3) is 0 Å². The Morgan fingerprint density at radius 3 is 2.69 bits per heavy atom. The van der Waals surface area contributed by atoms with Gasteiger partial charge in [0.05, 0.1) is 6.61 Å². The highest BCUT2D eigenvalue weighted by atomic mass is 32.2. The Bertz CT molecular complexity index is 746. The van der Waals surface area contributed by atoms with Gasteiger partial charge in [0.15, 0.2) is 0 Å². The van der Waals surface area contributed by atoms with Crippen LogP contribution in [0.15, 0.2) is 29.2 Å². The molecule has 0 radical (unpaired) electrons. The first kappa shape index (κ1) is 20.9. The van der Waals surface area contributed by atoms with Crippen LogP contribution in [0.3, 0.4) is 0 Å². The summed E-state index contributed by atoms with van der Waals surface area (Å²) in [7, 11) is 0.178. The summed E-state index contributed by atoms with van der Waals surface area (Å²) in [5.41, 5.74) is 0.889. The van der Waals surface area contributed by atoms with E-state index in [-0.39, 0.29) is 23.5 Å². The smallest absolute Gasteiger partial charge is 0.247 e. The van der Waals surface area contributed by atoms with Crippen LogP contribution >= 0.6 is 0 Å². The molecule has 0 fully saturated rings. The number of sulfonamides is 1. The van der Waals surface area contributed by atoms with Crippen LogP contribution in [-0.4, -0.2) is 68.7 Å². The van der Waals surface area contributed by atoms with Crippen LogP contribution in [-0.2, 0) is 10.0 Å². The molecule has 6 nitrogen and oxygen atoms in total. The quantitative estimate of drug-likeness (QED) is 0.844. The van der Waals surface area contributed by atoms with E-state index in [0.29, 0.717) is 18.8 Å². The molecule has 0 aliphatic carbocycles. The first-order chi connectivity index (χ1) is 12.2. The predicted octanol–water partition coefficient (Wildman–Crippen LogP) is 2.05. The summed E-state index contributed by atoms with van der Waals surface area (Å²) < 4.78 is 34.1. The van der Waals surface area contributed by atoms with Crippen LogP contribution in [0.5, 0.6) is 5.75 Å². The number of nitrogens with zero attached hydrogens (tertiary/aromatic N) is 2. The summed E-state index contributed by atoms with van der Waals surface area (Å²) in [6, 6.07) is 4.64. The predicted molar refractivity (Wildman–Crippen MR) is 104 cm³/mol. The molecule has 0 amide bonds. The normalized spacial score (nSPS) is 24.7. The molecule has 0 saturated carbocycles. The monoisotopic (exact) mass is 382 g/mol. The molecule has 1 heterocycles. The fraction of sp³-hybridized carbons (Fsp3) is 0.579. The Labute approximate surface area is 157 Å². The number of rotatable bonds is 5. The molecule has 0 aromatic heterocycles. The lowest BCUT2D eigenvalue weighted by atomic mass is 10.0. The van der Waals surface area contributed by atoms with Crippen molar-refractivity contribution in [1.29, 1.82) is 0 Å². The molecule has 0 saturated heterocycles. The Morgan fingerprint density at radius 1 is 1.42 bits per heavy atom. The zero-order chi connectivity index (χ0) is 19.5. The van der Waals surface area contributed by atoms with Crippen LogP contribution in [0.1, 0.15) is 26.3 Å². The SMILES string of the molecule is C/C=C/c1ccc2c(c1)O[C@@H](CN(C)C)[C@H](C)CN([C@H](C)CO)S2(=O)=O. The molecule has 2 rings (SSSR count). The Balaban J connectivity index is 2.61. The molecule has 0 spiro atoms. The van der Waals surface area contributed by atoms with Gasteiger partial charge in [0.2, 0.25) is 10.0 Å². The van der Waals surface area contributed by atoms with E-state index in [4.69, 9.17) is 4.74 Å². The van der Waals surface area contributed by atoms with Crippen LogP contribution in [0, 0.1) is 5.92 Å². The number of ether oxygens (including phenoxy) is 1. The molecule has 0 unspecified atom stereocenters. The van der Waals surface area contributed by atoms with Crippen LogP contribution in [0.2, 0.25) is 0 Å². The molecule has 3 atom stereocenters. The molecule has 7 heteroatoms. The number of aliphatic hydroxyl groups excluding tert-OH is 1. The number of fused-ring (bicyclic) bond motifs is 1. The van der Waals surface area contributed by atoms with Crippen molar-refractivity contribution in [3.05, 3.63) is 29.8 Å². The van der Waals surface area contributed by atoms with Gasteiger partial charge >= 0.3 is 0 Å². The van der Waals surface area contributed by atoms with Crippen molar-refractivity contribution in [2.45, 2.75) is 37.8 Å². The maximum Gasteiger partial charge on any atom is 0.247 e. The first-order valence-electron chi connectivity index (χ1n) is 8.91. The summed E-state index contributed by atoms with van der Waals surface area (Å²) in [5, 5.41) is 9.59. The molecule has 1 N–H and O–H groups in total. The standard InChI is InChI=1S/C19H30N2O4S/c1-6-7-16-8-9-19-17(10-16)25-18(12-20(4)5)14(2)11-21(15(3)13-22)26(19,23)24/h6-10,14-15,18,22H,11-13H2,1-5H3/b7-6+/t14-,15-,18+/m1/s1. The lowest BCUT2D eigenvalue weighted by Gasteiger charge is -2.37. The highest BCUT2D eigenvalue weighted by Crippen LogP contribution is 2.34. The molecule has 26 heavy (non-hydrogen) atoms. The summed E-state index contributed by atoms with van der Waals surface area (Å²) in [5.74, 6) is 0.342. The van der Waals surface area contributed by atoms with E-state index in [1.54, 1.807) is 25.1 Å². The summed E-state index contributed by atoms with van der Waals surface area (Å²) in [4.78, 5) is 2.19. The van der Waals surface area contributed by atoms with E-state index >= 15 is 0 Å². The largest absolute Gasteiger partial charge is 0.487 e. The number of hydrogen-bond acceptors (Lipinski definition) is 5. The highest BCUT2D eigenvalue weighted by Gasteiger charge is 2.37. The number of hydrogen-bond donors (Lipinski definition) is 1. The van der Waals surface area contributed by atoms with Gasteiger partial charge in [-0.3, -0.25) is 0 Å². The molecule has 0 bridgehead atoms. The third-order valence-corrected chi connectivity index (χ3v) is 6.61. The van der Waals surface area contributed by atoms with Crippen molar-refractivity contribution >= 4 is 16.1 Å². The third kappa shape index (κ3) is 4.46. The van der Waals surface area contributed by atoms with E-state index in [0.717, 1.165) is 5.56 Å². The Kier molecular flexibility index (Phi) is 6.85. The van der Waals surface area contributed by atoms with Crippen molar-refractivity contribution in [1.82, 2.24) is 9.21 Å².